The minimum Gasteiger partial charge on any atom is -0.376 e. The highest BCUT2D eigenvalue weighted by Crippen LogP contribution is 2.15. The first-order valence-corrected chi connectivity index (χ1v) is 9.41. The summed E-state index contributed by atoms with van der Waals surface area (Å²) in [5, 5.41) is 0. The zero-order valence-corrected chi connectivity index (χ0v) is 14.7. The third-order valence-corrected chi connectivity index (χ3v) is 5.47. The summed E-state index contributed by atoms with van der Waals surface area (Å²) < 4.78 is 45.7. The Balaban J connectivity index is 1.92. The average Bonchev–Trinajstić information content (AvgIpc) is 3.01. The molecule has 24 heavy (non-hydrogen) atoms. The molecule has 134 valence electrons. The van der Waals surface area contributed by atoms with E-state index in [2.05, 4.69) is 4.72 Å². The van der Waals surface area contributed by atoms with Crippen molar-refractivity contribution in [3.05, 3.63) is 29.6 Å². The van der Waals surface area contributed by atoms with E-state index in [4.69, 9.17) is 4.74 Å². The molecule has 2 rings (SSSR count). The van der Waals surface area contributed by atoms with Crippen molar-refractivity contribution in [2.45, 2.75) is 37.7 Å². The first kappa shape index (κ1) is 18.8. The Bertz CT molecular complexity index is 687. The number of nitrogens with one attached hydrogen (secondary N) is 1. The molecule has 1 heterocycles. The first-order valence-electron chi connectivity index (χ1n) is 7.92. The van der Waals surface area contributed by atoms with E-state index >= 15 is 0 Å². The predicted molar refractivity (Wildman–Crippen MR) is 87.6 cm³/mol. The molecule has 1 aromatic carbocycles. The topological polar surface area (TPSA) is 75.7 Å². The van der Waals surface area contributed by atoms with E-state index in [0.717, 1.165) is 18.9 Å². The third-order valence-electron chi connectivity index (χ3n) is 4.01. The second kappa shape index (κ2) is 8.04. The fraction of sp³-hybridized carbons (Fsp3) is 0.562. The summed E-state index contributed by atoms with van der Waals surface area (Å²) in [6, 6.07) is 3.63. The molecule has 1 aliphatic heterocycles. The smallest absolute Gasteiger partial charge is 0.240 e. The lowest BCUT2D eigenvalue weighted by molar-refractivity contribution is -0.130. The number of carbonyl (C=O) groups is 1. The van der Waals surface area contributed by atoms with Gasteiger partial charge in [0.15, 0.2) is 0 Å². The zero-order chi connectivity index (χ0) is 17.7. The second-order valence-electron chi connectivity index (χ2n) is 5.91. The van der Waals surface area contributed by atoms with E-state index in [1.165, 1.54) is 26.0 Å². The Kier molecular flexibility index (Phi) is 6.31. The number of nitrogens with zero attached hydrogens (tertiary/aromatic N) is 1. The van der Waals surface area contributed by atoms with Gasteiger partial charge in [-0.15, -0.1) is 0 Å². The van der Waals surface area contributed by atoms with Crippen LogP contribution in [0, 0.1) is 12.7 Å². The normalized spacial score (nSPS) is 17.9. The molecule has 1 N–H and O–H groups in total. The van der Waals surface area contributed by atoms with Crippen LogP contribution in [-0.2, 0) is 19.6 Å². The summed E-state index contributed by atoms with van der Waals surface area (Å²) in [7, 11) is -3.73. The van der Waals surface area contributed by atoms with Crippen LogP contribution in [0.4, 0.5) is 4.39 Å². The summed E-state index contributed by atoms with van der Waals surface area (Å²) >= 11 is 0. The van der Waals surface area contributed by atoms with Crippen LogP contribution in [0.15, 0.2) is 23.1 Å². The maximum Gasteiger partial charge on any atom is 0.240 e. The fourth-order valence-electron chi connectivity index (χ4n) is 2.59. The Labute approximate surface area is 142 Å². The highest BCUT2D eigenvalue weighted by atomic mass is 32.2. The van der Waals surface area contributed by atoms with Crippen LogP contribution in [0.25, 0.3) is 0 Å². The second-order valence-corrected chi connectivity index (χ2v) is 7.68. The predicted octanol–water partition coefficient (Wildman–Crippen LogP) is 1.44. The number of benzene rings is 1. The molecule has 1 fully saturated rings. The maximum absolute atomic E-state index is 13.3. The van der Waals surface area contributed by atoms with Gasteiger partial charge in [-0.3, -0.25) is 4.79 Å². The number of aryl methyl sites for hydroxylation is 1. The molecule has 0 aromatic heterocycles. The van der Waals surface area contributed by atoms with E-state index in [-0.39, 0.29) is 35.6 Å². The molecule has 1 unspecified atom stereocenters. The summed E-state index contributed by atoms with van der Waals surface area (Å²) in [5.74, 6) is -0.574. The van der Waals surface area contributed by atoms with Gasteiger partial charge in [-0.05, 0) is 43.5 Å². The lowest BCUT2D eigenvalue weighted by Crippen LogP contribution is -2.41. The number of halogens is 1. The molecule has 1 amide bonds. The number of sulfonamides is 1. The molecule has 1 aliphatic rings. The van der Waals surface area contributed by atoms with Gasteiger partial charge in [0, 0.05) is 33.2 Å². The maximum atomic E-state index is 13.3. The Morgan fingerprint density at radius 1 is 1.46 bits per heavy atom. The van der Waals surface area contributed by atoms with Crippen molar-refractivity contribution in [1.29, 1.82) is 0 Å². The van der Waals surface area contributed by atoms with Crippen molar-refractivity contribution in [3.63, 3.8) is 0 Å². The van der Waals surface area contributed by atoms with Gasteiger partial charge in [0.05, 0.1) is 11.0 Å². The number of amides is 1. The van der Waals surface area contributed by atoms with E-state index in [1.54, 1.807) is 4.90 Å². The molecule has 1 aromatic rings. The van der Waals surface area contributed by atoms with Gasteiger partial charge in [-0.25, -0.2) is 17.5 Å². The largest absolute Gasteiger partial charge is 0.376 e. The van der Waals surface area contributed by atoms with Gasteiger partial charge in [0.1, 0.15) is 5.82 Å². The van der Waals surface area contributed by atoms with Gasteiger partial charge in [-0.1, -0.05) is 0 Å². The Morgan fingerprint density at radius 3 is 2.79 bits per heavy atom. The molecule has 0 aliphatic carbocycles. The quantitative estimate of drug-likeness (QED) is 0.800. The van der Waals surface area contributed by atoms with Crippen molar-refractivity contribution in [2.75, 3.05) is 26.2 Å². The standard InChI is InChI=1S/C16H23FN2O4S/c1-12-10-15(5-6-16(12)17)24(21,22)18-7-8-19(13(2)20)11-14-4-3-9-23-14/h5-6,10,14,18H,3-4,7-9,11H2,1-2H3. The van der Waals surface area contributed by atoms with Gasteiger partial charge in [-0.2, -0.15) is 0 Å². The number of hydrogen-bond acceptors (Lipinski definition) is 4. The first-order chi connectivity index (χ1) is 11.3. The molecule has 1 saturated heterocycles. The molecule has 8 heteroatoms. The van der Waals surface area contributed by atoms with E-state index < -0.39 is 15.8 Å². The Morgan fingerprint density at radius 2 is 2.21 bits per heavy atom. The van der Waals surface area contributed by atoms with Crippen molar-refractivity contribution in [3.8, 4) is 0 Å². The lowest BCUT2D eigenvalue weighted by atomic mass is 10.2. The van der Waals surface area contributed by atoms with Crippen LogP contribution in [0.1, 0.15) is 25.3 Å². The Hall–Kier alpha value is -1.51. The molecular formula is C16H23FN2O4S. The minimum absolute atomic E-state index is 0.00917. The van der Waals surface area contributed by atoms with Crippen molar-refractivity contribution < 1.29 is 22.3 Å². The molecule has 6 nitrogen and oxygen atoms in total. The summed E-state index contributed by atoms with van der Waals surface area (Å²) in [6.07, 6.45) is 1.90. The van der Waals surface area contributed by atoms with Crippen LogP contribution in [0.5, 0.6) is 0 Å². The zero-order valence-electron chi connectivity index (χ0n) is 13.9. The molecule has 0 radical (unpaired) electrons. The SMILES string of the molecule is CC(=O)N(CCNS(=O)(=O)c1ccc(F)c(C)c1)CC1CCCO1. The van der Waals surface area contributed by atoms with Gasteiger partial charge < -0.3 is 9.64 Å². The number of hydrogen-bond donors (Lipinski definition) is 1. The van der Waals surface area contributed by atoms with E-state index in [0.29, 0.717) is 13.2 Å². The summed E-state index contributed by atoms with van der Waals surface area (Å²) in [6.45, 7) is 4.47. The number of carbonyl (C=O) groups excluding carboxylic acids is 1. The number of rotatable bonds is 7. The lowest BCUT2D eigenvalue weighted by Gasteiger charge is -2.24. The van der Waals surface area contributed by atoms with E-state index in [9.17, 15) is 17.6 Å². The van der Waals surface area contributed by atoms with Crippen molar-refractivity contribution in [1.82, 2.24) is 9.62 Å². The number of ether oxygens (including phenoxy) is 1. The monoisotopic (exact) mass is 358 g/mol. The van der Waals surface area contributed by atoms with Crippen LogP contribution in [-0.4, -0.2) is 51.6 Å². The highest BCUT2D eigenvalue weighted by Gasteiger charge is 2.21. The van der Waals surface area contributed by atoms with Crippen molar-refractivity contribution >= 4 is 15.9 Å². The minimum atomic E-state index is -3.73. The molecule has 0 spiro atoms. The fourth-order valence-corrected chi connectivity index (χ4v) is 3.70. The van der Waals surface area contributed by atoms with Crippen LogP contribution in [0.2, 0.25) is 0 Å². The van der Waals surface area contributed by atoms with E-state index in [1.807, 2.05) is 0 Å². The molecule has 1 atom stereocenters. The average molecular weight is 358 g/mol. The van der Waals surface area contributed by atoms with Gasteiger partial charge in [0.2, 0.25) is 15.9 Å². The highest BCUT2D eigenvalue weighted by molar-refractivity contribution is 7.89. The van der Waals surface area contributed by atoms with Crippen LogP contribution in [0.3, 0.4) is 0 Å². The summed E-state index contributed by atoms with van der Waals surface area (Å²) in [5.41, 5.74) is 0.265. The van der Waals surface area contributed by atoms with Gasteiger partial charge >= 0.3 is 0 Å². The van der Waals surface area contributed by atoms with Gasteiger partial charge in [0.25, 0.3) is 0 Å². The molecule has 0 bridgehead atoms. The third kappa shape index (κ3) is 4.99. The van der Waals surface area contributed by atoms with Crippen molar-refractivity contribution in [2.24, 2.45) is 0 Å². The van der Waals surface area contributed by atoms with Crippen LogP contribution < -0.4 is 4.72 Å². The van der Waals surface area contributed by atoms with Crippen LogP contribution >= 0.6 is 0 Å². The summed E-state index contributed by atoms with van der Waals surface area (Å²) in [4.78, 5) is 13.3. The molecular weight excluding hydrogens is 335 g/mol. The molecule has 0 saturated carbocycles.